The van der Waals surface area contributed by atoms with Gasteiger partial charge in [-0.1, -0.05) is 46.3 Å². The number of nitrogens with one attached hydrogen (secondary N) is 2. The van der Waals surface area contributed by atoms with Crippen LogP contribution in [0.25, 0.3) is 0 Å². The Kier molecular flexibility index (Phi) is 6.05. The van der Waals surface area contributed by atoms with Gasteiger partial charge in [0.1, 0.15) is 6.04 Å². The van der Waals surface area contributed by atoms with E-state index in [2.05, 4.69) is 31.8 Å². The molecule has 5 nitrogen and oxygen atoms in total. The van der Waals surface area contributed by atoms with E-state index in [0.717, 1.165) is 10.0 Å². The topological polar surface area (TPSA) is 70.6 Å². The summed E-state index contributed by atoms with van der Waals surface area (Å²) in [4.78, 5) is 23.9. The van der Waals surface area contributed by atoms with E-state index in [1.54, 1.807) is 31.2 Å². The molecule has 0 aliphatic rings. The average molecular weight is 374 g/mol. The molecule has 1 atom stereocenters. The van der Waals surface area contributed by atoms with E-state index in [9.17, 15) is 9.59 Å². The normalized spacial score (nSPS) is 11.9. The van der Waals surface area contributed by atoms with Gasteiger partial charge in [0.05, 0.1) is 6.21 Å². The van der Waals surface area contributed by atoms with Crippen LogP contribution in [0.15, 0.2) is 64.2 Å². The van der Waals surface area contributed by atoms with Crippen LogP contribution in [0.1, 0.15) is 22.8 Å². The van der Waals surface area contributed by atoms with Crippen LogP contribution in [-0.4, -0.2) is 24.1 Å². The van der Waals surface area contributed by atoms with Crippen LogP contribution in [-0.2, 0) is 4.79 Å². The molecular formula is C17H16BrN3O2. The molecule has 2 aromatic carbocycles. The summed E-state index contributed by atoms with van der Waals surface area (Å²) >= 11 is 3.36. The maximum absolute atomic E-state index is 12.0. The van der Waals surface area contributed by atoms with Crippen molar-refractivity contribution in [2.45, 2.75) is 13.0 Å². The summed E-state index contributed by atoms with van der Waals surface area (Å²) in [5.74, 6) is -0.690. The number of rotatable bonds is 5. The molecule has 23 heavy (non-hydrogen) atoms. The first-order valence-corrected chi connectivity index (χ1v) is 7.80. The minimum Gasteiger partial charge on any atom is -0.340 e. The fourth-order valence-electron chi connectivity index (χ4n) is 1.79. The molecule has 6 heteroatoms. The van der Waals surface area contributed by atoms with Crippen molar-refractivity contribution in [1.82, 2.24) is 10.7 Å². The van der Waals surface area contributed by atoms with Crippen LogP contribution in [0.3, 0.4) is 0 Å². The third kappa shape index (κ3) is 5.34. The van der Waals surface area contributed by atoms with Gasteiger partial charge in [0.15, 0.2) is 0 Å². The quantitative estimate of drug-likeness (QED) is 0.624. The van der Waals surface area contributed by atoms with Crippen molar-refractivity contribution in [2.75, 3.05) is 0 Å². The summed E-state index contributed by atoms with van der Waals surface area (Å²) in [5, 5.41) is 6.51. The molecule has 0 aliphatic heterocycles. The number of amides is 2. The zero-order chi connectivity index (χ0) is 16.7. The molecule has 118 valence electrons. The van der Waals surface area contributed by atoms with E-state index in [4.69, 9.17) is 0 Å². The fourth-order valence-corrected chi connectivity index (χ4v) is 2.21. The van der Waals surface area contributed by atoms with Crippen molar-refractivity contribution < 1.29 is 9.59 Å². The molecule has 0 bridgehead atoms. The highest BCUT2D eigenvalue weighted by molar-refractivity contribution is 9.10. The lowest BCUT2D eigenvalue weighted by Gasteiger charge is -2.12. The van der Waals surface area contributed by atoms with Gasteiger partial charge in [-0.2, -0.15) is 5.10 Å². The Labute approximate surface area is 142 Å². The first-order chi connectivity index (χ1) is 11.1. The number of hydrazone groups is 1. The Balaban J connectivity index is 1.86. The van der Waals surface area contributed by atoms with Crippen LogP contribution in [0, 0.1) is 0 Å². The van der Waals surface area contributed by atoms with Crippen molar-refractivity contribution in [3.63, 3.8) is 0 Å². The van der Waals surface area contributed by atoms with Crippen molar-refractivity contribution in [1.29, 1.82) is 0 Å². The van der Waals surface area contributed by atoms with Crippen LogP contribution in [0.2, 0.25) is 0 Å². The van der Waals surface area contributed by atoms with E-state index < -0.39 is 6.04 Å². The third-order valence-corrected chi connectivity index (χ3v) is 3.51. The molecule has 0 aromatic heterocycles. The van der Waals surface area contributed by atoms with Gasteiger partial charge in [0.2, 0.25) is 0 Å². The number of hydrogen-bond donors (Lipinski definition) is 2. The highest BCUT2D eigenvalue weighted by Gasteiger charge is 2.15. The molecule has 2 amide bonds. The first-order valence-electron chi connectivity index (χ1n) is 7.00. The highest BCUT2D eigenvalue weighted by atomic mass is 79.9. The van der Waals surface area contributed by atoms with E-state index in [0.29, 0.717) is 5.56 Å². The average Bonchev–Trinajstić information content (AvgIpc) is 2.55. The number of carbonyl (C=O) groups is 2. The minimum atomic E-state index is -0.692. The maximum Gasteiger partial charge on any atom is 0.262 e. The number of benzene rings is 2. The molecular weight excluding hydrogens is 358 g/mol. The zero-order valence-electron chi connectivity index (χ0n) is 12.5. The minimum absolute atomic E-state index is 0.302. The largest absolute Gasteiger partial charge is 0.340 e. The lowest BCUT2D eigenvalue weighted by atomic mass is 10.2. The van der Waals surface area contributed by atoms with Crippen LogP contribution in [0.5, 0.6) is 0 Å². The van der Waals surface area contributed by atoms with Gasteiger partial charge in [-0.3, -0.25) is 9.59 Å². The third-order valence-electron chi connectivity index (χ3n) is 3.01. The fraction of sp³-hybridized carbons (Fsp3) is 0.118. The standard InChI is InChI=1S/C17H16BrN3O2/c1-12(20-17(23)14-7-3-2-4-8-14)16(22)21-19-11-13-6-5-9-15(18)10-13/h2-12H,1H3,(H,20,23)(H,21,22)/b19-11-/t12-/m1/s1. The summed E-state index contributed by atoms with van der Waals surface area (Å²) < 4.78 is 0.927. The Hall–Kier alpha value is -2.47. The maximum atomic E-state index is 12.0. The SMILES string of the molecule is C[C@@H](NC(=O)c1ccccc1)C(=O)N/N=C\c1cccc(Br)c1. The highest BCUT2D eigenvalue weighted by Crippen LogP contribution is 2.09. The number of halogens is 1. The van der Waals surface area contributed by atoms with E-state index in [1.807, 2.05) is 30.3 Å². The second kappa shape index (κ2) is 8.24. The summed E-state index contributed by atoms with van der Waals surface area (Å²) in [6.45, 7) is 1.60. The van der Waals surface area contributed by atoms with Gasteiger partial charge in [-0.15, -0.1) is 0 Å². The van der Waals surface area contributed by atoms with Gasteiger partial charge < -0.3 is 5.32 Å². The molecule has 0 radical (unpaired) electrons. The molecule has 0 unspecified atom stereocenters. The van der Waals surface area contributed by atoms with Crippen molar-refractivity contribution >= 4 is 34.0 Å². The Morgan fingerprint density at radius 1 is 1.13 bits per heavy atom. The second-order valence-electron chi connectivity index (χ2n) is 4.85. The lowest BCUT2D eigenvalue weighted by molar-refractivity contribution is -0.122. The Morgan fingerprint density at radius 3 is 2.57 bits per heavy atom. The monoisotopic (exact) mass is 373 g/mol. The number of carbonyl (C=O) groups excluding carboxylic acids is 2. The van der Waals surface area contributed by atoms with Gasteiger partial charge in [-0.25, -0.2) is 5.43 Å². The smallest absolute Gasteiger partial charge is 0.262 e. The predicted molar refractivity (Wildman–Crippen MR) is 93.2 cm³/mol. The summed E-state index contributed by atoms with van der Waals surface area (Å²) in [6.07, 6.45) is 1.54. The van der Waals surface area contributed by atoms with E-state index >= 15 is 0 Å². The van der Waals surface area contributed by atoms with Crippen molar-refractivity contribution in [3.8, 4) is 0 Å². The van der Waals surface area contributed by atoms with Crippen LogP contribution < -0.4 is 10.7 Å². The summed E-state index contributed by atoms with van der Waals surface area (Å²) in [6, 6.07) is 15.5. The van der Waals surface area contributed by atoms with Crippen molar-refractivity contribution in [2.24, 2.45) is 5.10 Å². The Bertz CT molecular complexity index is 717. The predicted octanol–water partition coefficient (Wildman–Crippen LogP) is 2.72. The molecule has 2 rings (SSSR count). The summed E-state index contributed by atoms with van der Waals surface area (Å²) in [7, 11) is 0. The molecule has 0 heterocycles. The lowest BCUT2D eigenvalue weighted by Crippen LogP contribution is -2.43. The molecule has 0 saturated carbocycles. The Morgan fingerprint density at radius 2 is 1.87 bits per heavy atom. The van der Waals surface area contributed by atoms with Gasteiger partial charge in [0.25, 0.3) is 11.8 Å². The van der Waals surface area contributed by atoms with Crippen molar-refractivity contribution in [3.05, 3.63) is 70.2 Å². The molecule has 0 saturated heterocycles. The van der Waals surface area contributed by atoms with E-state index in [1.165, 1.54) is 6.21 Å². The van der Waals surface area contributed by atoms with Crippen LogP contribution >= 0.6 is 15.9 Å². The first kappa shape index (κ1) is 16.9. The van der Waals surface area contributed by atoms with Gasteiger partial charge >= 0.3 is 0 Å². The van der Waals surface area contributed by atoms with E-state index in [-0.39, 0.29) is 11.8 Å². The molecule has 2 aromatic rings. The van der Waals surface area contributed by atoms with Gasteiger partial charge in [0, 0.05) is 10.0 Å². The number of nitrogens with zero attached hydrogens (tertiary/aromatic N) is 1. The zero-order valence-corrected chi connectivity index (χ0v) is 14.1. The second-order valence-corrected chi connectivity index (χ2v) is 5.77. The van der Waals surface area contributed by atoms with Crippen LogP contribution in [0.4, 0.5) is 0 Å². The van der Waals surface area contributed by atoms with Gasteiger partial charge in [-0.05, 0) is 36.8 Å². The molecule has 0 spiro atoms. The molecule has 0 aliphatic carbocycles. The molecule has 2 N–H and O–H groups in total. The summed E-state index contributed by atoms with van der Waals surface area (Å²) in [5.41, 5.74) is 3.76. The number of hydrogen-bond acceptors (Lipinski definition) is 3. The molecule has 0 fully saturated rings.